The molecule has 0 spiro atoms. The van der Waals surface area contributed by atoms with Crippen molar-refractivity contribution in [3.05, 3.63) is 40.8 Å². The number of nitrogens with one attached hydrogen (secondary N) is 1. The third-order valence-electron chi connectivity index (χ3n) is 2.46. The van der Waals surface area contributed by atoms with Gasteiger partial charge in [0.15, 0.2) is 5.76 Å². The summed E-state index contributed by atoms with van der Waals surface area (Å²) >= 11 is 3.51. The molecule has 0 aliphatic rings. The second kappa shape index (κ2) is 5.24. The van der Waals surface area contributed by atoms with Crippen LogP contribution < -0.4 is 5.32 Å². The summed E-state index contributed by atoms with van der Waals surface area (Å²) in [5.74, 6) is 1.49. The van der Waals surface area contributed by atoms with Gasteiger partial charge in [-0.3, -0.25) is 0 Å². The molecule has 0 aliphatic heterocycles. The number of hydrogen-bond donors (Lipinski definition) is 1. The summed E-state index contributed by atoms with van der Waals surface area (Å²) in [5.41, 5.74) is 1.08. The molecule has 2 rings (SSSR count). The Hall–Kier alpha value is -1.13. The summed E-state index contributed by atoms with van der Waals surface area (Å²) < 4.78 is 6.75. The van der Waals surface area contributed by atoms with E-state index in [0.717, 1.165) is 15.8 Å². The van der Waals surface area contributed by atoms with Crippen molar-refractivity contribution in [3.8, 4) is 11.3 Å². The smallest absolute Gasteiger partial charge is 0.208 e. The Balaban J connectivity index is 2.14. The predicted molar refractivity (Wildman–Crippen MR) is 76.2 cm³/mol. The second-order valence-electron chi connectivity index (χ2n) is 5.20. The van der Waals surface area contributed by atoms with Crippen molar-refractivity contribution in [2.45, 2.75) is 32.9 Å². The zero-order valence-electron chi connectivity index (χ0n) is 10.8. The zero-order chi connectivity index (χ0) is 13.2. The minimum atomic E-state index is 0.0575. The van der Waals surface area contributed by atoms with Crippen LogP contribution in [0.4, 0.5) is 0 Å². The van der Waals surface area contributed by atoms with Crippen molar-refractivity contribution in [3.63, 3.8) is 0 Å². The molecule has 96 valence electrons. The van der Waals surface area contributed by atoms with E-state index in [4.69, 9.17) is 4.42 Å². The topological polar surface area (TPSA) is 38.1 Å². The standard InChI is InChI=1S/C14H17BrN2O/c1-14(2,3)17-9-13-16-8-12(18-13)10-6-4-5-7-11(10)15/h4-8,17H,9H2,1-3H3. The van der Waals surface area contributed by atoms with E-state index in [1.165, 1.54) is 0 Å². The van der Waals surface area contributed by atoms with Crippen LogP contribution in [0.2, 0.25) is 0 Å². The molecule has 18 heavy (non-hydrogen) atoms. The molecule has 0 fully saturated rings. The number of aromatic nitrogens is 1. The van der Waals surface area contributed by atoms with Gasteiger partial charge in [-0.1, -0.05) is 34.1 Å². The SMILES string of the molecule is CC(C)(C)NCc1ncc(-c2ccccc2Br)o1. The number of halogens is 1. The molecule has 1 N–H and O–H groups in total. The maximum atomic E-state index is 5.74. The molecule has 0 radical (unpaired) electrons. The van der Waals surface area contributed by atoms with Gasteiger partial charge in [-0.2, -0.15) is 0 Å². The van der Waals surface area contributed by atoms with Gasteiger partial charge in [0.2, 0.25) is 5.89 Å². The van der Waals surface area contributed by atoms with E-state index in [1.807, 2.05) is 24.3 Å². The summed E-state index contributed by atoms with van der Waals surface area (Å²) in [6.45, 7) is 6.98. The van der Waals surface area contributed by atoms with Crippen molar-refractivity contribution in [1.29, 1.82) is 0 Å². The Morgan fingerprint density at radius 2 is 2.00 bits per heavy atom. The van der Waals surface area contributed by atoms with Gasteiger partial charge in [0, 0.05) is 15.6 Å². The maximum Gasteiger partial charge on any atom is 0.208 e. The summed E-state index contributed by atoms with van der Waals surface area (Å²) in [7, 11) is 0. The number of nitrogens with zero attached hydrogens (tertiary/aromatic N) is 1. The molecule has 0 saturated carbocycles. The lowest BCUT2D eigenvalue weighted by Crippen LogP contribution is -2.35. The Labute approximate surface area is 116 Å². The summed E-state index contributed by atoms with van der Waals surface area (Å²) in [6.07, 6.45) is 1.76. The molecule has 1 aromatic carbocycles. The molecular weight excluding hydrogens is 292 g/mol. The number of hydrogen-bond acceptors (Lipinski definition) is 3. The van der Waals surface area contributed by atoms with E-state index in [2.05, 4.69) is 47.0 Å². The normalized spacial score (nSPS) is 11.8. The highest BCUT2D eigenvalue weighted by molar-refractivity contribution is 9.10. The summed E-state index contributed by atoms with van der Waals surface area (Å²) in [5, 5.41) is 3.35. The zero-order valence-corrected chi connectivity index (χ0v) is 12.4. The van der Waals surface area contributed by atoms with Crippen molar-refractivity contribution in [2.24, 2.45) is 0 Å². The highest BCUT2D eigenvalue weighted by atomic mass is 79.9. The molecule has 0 unspecified atom stereocenters. The van der Waals surface area contributed by atoms with Crippen LogP contribution >= 0.6 is 15.9 Å². The first-order valence-electron chi connectivity index (χ1n) is 5.90. The van der Waals surface area contributed by atoms with E-state index >= 15 is 0 Å². The van der Waals surface area contributed by atoms with Crippen molar-refractivity contribution in [1.82, 2.24) is 10.3 Å². The van der Waals surface area contributed by atoms with Crippen LogP contribution in [0.3, 0.4) is 0 Å². The molecule has 0 atom stereocenters. The minimum absolute atomic E-state index is 0.0575. The van der Waals surface area contributed by atoms with E-state index in [0.29, 0.717) is 12.4 Å². The molecule has 0 amide bonds. The summed E-state index contributed by atoms with van der Waals surface area (Å²) in [6, 6.07) is 7.96. The van der Waals surface area contributed by atoms with Crippen LogP contribution in [0.15, 0.2) is 39.4 Å². The van der Waals surface area contributed by atoms with Gasteiger partial charge in [-0.05, 0) is 26.8 Å². The van der Waals surface area contributed by atoms with Gasteiger partial charge < -0.3 is 9.73 Å². The Bertz CT molecular complexity index is 529. The first-order chi connectivity index (χ1) is 8.46. The van der Waals surface area contributed by atoms with Crippen LogP contribution in [0.5, 0.6) is 0 Å². The third kappa shape index (κ3) is 3.43. The van der Waals surface area contributed by atoms with Crippen LogP contribution in [0, 0.1) is 0 Å². The highest BCUT2D eigenvalue weighted by Gasteiger charge is 2.12. The van der Waals surface area contributed by atoms with Gasteiger partial charge in [-0.15, -0.1) is 0 Å². The van der Waals surface area contributed by atoms with Gasteiger partial charge in [0.25, 0.3) is 0 Å². The van der Waals surface area contributed by atoms with Crippen molar-refractivity contribution >= 4 is 15.9 Å². The fraction of sp³-hybridized carbons (Fsp3) is 0.357. The predicted octanol–water partition coefficient (Wildman–Crippen LogP) is 3.99. The van der Waals surface area contributed by atoms with Crippen molar-refractivity contribution in [2.75, 3.05) is 0 Å². The Morgan fingerprint density at radius 1 is 1.28 bits per heavy atom. The first-order valence-corrected chi connectivity index (χ1v) is 6.70. The van der Waals surface area contributed by atoms with E-state index in [-0.39, 0.29) is 5.54 Å². The molecule has 1 aromatic heterocycles. The quantitative estimate of drug-likeness (QED) is 0.931. The number of oxazole rings is 1. The molecular formula is C14H17BrN2O. The van der Waals surface area contributed by atoms with E-state index < -0.39 is 0 Å². The molecule has 0 saturated heterocycles. The number of rotatable bonds is 3. The van der Waals surface area contributed by atoms with Crippen LogP contribution in [-0.2, 0) is 6.54 Å². The largest absolute Gasteiger partial charge is 0.439 e. The number of benzene rings is 1. The lowest BCUT2D eigenvalue weighted by Gasteiger charge is -2.18. The molecule has 3 nitrogen and oxygen atoms in total. The van der Waals surface area contributed by atoms with Crippen LogP contribution in [-0.4, -0.2) is 10.5 Å². The second-order valence-corrected chi connectivity index (χ2v) is 6.06. The lowest BCUT2D eigenvalue weighted by molar-refractivity contribution is 0.383. The maximum absolute atomic E-state index is 5.74. The van der Waals surface area contributed by atoms with E-state index in [1.54, 1.807) is 6.20 Å². The van der Waals surface area contributed by atoms with Gasteiger partial charge in [0.1, 0.15) is 0 Å². The fourth-order valence-electron chi connectivity index (χ4n) is 1.52. The lowest BCUT2D eigenvalue weighted by atomic mass is 10.1. The molecule has 4 heteroatoms. The van der Waals surface area contributed by atoms with Gasteiger partial charge in [-0.25, -0.2) is 4.98 Å². The van der Waals surface area contributed by atoms with Gasteiger partial charge >= 0.3 is 0 Å². The fourth-order valence-corrected chi connectivity index (χ4v) is 2.00. The molecule has 1 heterocycles. The molecule has 0 aliphatic carbocycles. The molecule has 2 aromatic rings. The third-order valence-corrected chi connectivity index (χ3v) is 3.15. The average Bonchev–Trinajstić information content (AvgIpc) is 2.75. The van der Waals surface area contributed by atoms with Gasteiger partial charge in [0.05, 0.1) is 12.7 Å². The monoisotopic (exact) mass is 308 g/mol. The van der Waals surface area contributed by atoms with Crippen molar-refractivity contribution < 1.29 is 4.42 Å². The van der Waals surface area contributed by atoms with Crippen LogP contribution in [0.25, 0.3) is 11.3 Å². The minimum Gasteiger partial charge on any atom is -0.439 e. The average molecular weight is 309 g/mol. The van der Waals surface area contributed by atoms with Crippen LogP contribution in [0.1, 0.15) is 26.7 Å². The summed E-state index contributed by atoms with van der Waals surface area (Å²) in [4.78, 5) is 4.29. The Kier molecular flexibility index (Phi) is 3.88. The Morgan fingerprint density at radius 3 is 2.67 bits per heavy atom. The molecule has 0 bridgehead atoms. The first kappa shape index (κ1) is 13.3. The highest BCUT2D eigenvalue weighted by Crippen LogP contribution is 2.28. The van der Waals surface area contributed by atoms with E-state index in [9.17, 15) is 0 Å².